The Morgan fingerprint density at radius 3 is 2.24 bits per heavy atom. The van der Waals surface area contributed by atoms with E-state index in [1.807, 2.05) is 24.3 Å². The van der Waals surface area contributed by atoms with E-state index in [1.165, 1.54) is 12.1 Å². The standard InChI is InChI=1S/C20H23FN2O.ClH/c21-17-7-5-16(6-8-17)20(12-1-2-13-20)19(24)23-14-11-15-3-9-18(22)10-4-15;/h3-10H,1-2,11-14,22H2,(H,23,24);1H. The van der Waals surface area contributed by atoms with Crippen molar-refractivity contribution in [3.8, 4) is 0 Å². The molecule has 3 rings (SSSR count). The number of benzene rings is 2. The van der Waals surface area contributed by atoms with Crippen molar-refractivity contribution >= 4 is 24.0 Å². The number of nitrogen functional groups attached to an aromatic ring is 1. The van der Waals surface area contributed by atoms with Gasteiger partial charge in [0.2, 0.25) is 5.91 Å². The molecule has 3 nitrogen and oxygen atoms in total. The second-order valence-corrected chi connectivity index (χ2v) is 6.54. The van der Waals surface area contributed by atoms with Crippen LogP contribution < -0.4 is 11.1 Å². The van der Waals surface area contributed by atoms with Crippen LogP contribution >= 0.6 is 12.4 Å². The highest BCUT2D eigenvalue weighted by atomic mass is 35.5. The summed E-state index contributed by atoms with van der Waals surface area (Å²) in [6.45, 7) is 0.589. The third-order valence-corrected chi connectivity index (χ3v) is 4.97. The highest BCUT2D eigenvalue weighted by Gasteiger charge is 2.42. The number of hydrogen-bond donors (Lipinski definition) is 2. The molecule has 1 amide bonds. The van der Waals surface area contributed by atoms with Crippen molar-refractivity contribution < 1.29 is 9.18 Å². The average molecular weight is 363 g/mol. The van der Waals surface area contributed by atoms with E-state index >= 15 is 0 Å². The van der Waals surface area contributed by atoms with Gasteiger partial charge in [-0.1, -0.05) is 37.1 Å². The van der Waals surface area contributed by atoms with Gasteiger partial charge in [0, 0.05) is 12.2 Å². The maximum Gasteiger partial charge on any atom is 0.230 e. The van der Waals surface area contributed by atoms with E-state index in [-0.39, 0.29) is 24.1 Å². The van der Waals surface area contributed by atoms with Gasteiger partial charge in [0.1, 0.15) is 5.82 Å². The predicted octanol–water partition coefficient (Wildman–Crippen LogP) is 4.00. The van der Waals surface area contributed by atoms with Gasteiger partial charge in [0.15, 0.2) is 0 Å². The van der Waals surface area contributed by atoms with Crippen LogP contribution in [0.4, 0.5) is 10.1 Å². The van der Waals surface area contributed by atoms with Crippen molar-refractivity contribution in [3.05, 3.63) is 65.5 Å². The number of nitrogens with one attached hydrogen (secondary N) is 1. The van der Waals surface area contributed by atoms with Gasteiger partial charge in [-0.25, -0.2) is 4.39 Å². The van der Waals surface area contributed by atoms with E-state index in [1.54, 1.807) is 12.1 Å². The highest BCUT2D eigenvalue weighted by molar-refractivity contribution is 5.88. The summed E-state index contributed by atoms with van der Waals surface area (Å²) in [7, 11) is 0. The Balaban J connectivity index is 0.00000225. The van der Waals surface area contributed by atoms with Gasteiger partial charge >= 0.3 is 0 Å². The van der Waals surface area contributed by atoms with Crippen molar-refractivity contribution in [2.24, 2.45) is 0 Å². The number of rotatable bonds is 5. The second kappa shape index (κ2) is 8.34. The van der Waals surface area contributed by atoms with Crippen molar-refractivity contribution in [3.63, 3.8) is 0 Å². The molecule has 5 heteroatoms. The molecule has 134 valence electrons. The molecule has 0 aromatic heterocycles. The molecule has 2 aromatic carbocycles. The number of anilines is 1. The number of halogens is 2. The van der Waals surface area contributed by atoms with Crippen molar-refractivity contribution in [1.82, 2.24) is 5.32 Å². The van der Waals surface area contributed by atoms with E-state index in [2.05, 4.69) is 5.32 Å². The van der Waals surface area contributed by atoms with Crippen LogP contribution in [0.25, 0.3) is 0 Å². The lowest BCUT2D eigenvalue weighted by Crippen LogP contribution is -2.43. The van der Waals surface area contributed by atoms with Crippen LogP contribution in [0, 0.1) is 5.82 Å². The minimum absolute atomic E-state index is 0. The van der Waals surface area contributed by atoms with Crippen molar-refractivity contribution in [2.75, 3.05) is 12.3 Å². The molecule has 3 N–H and O–H groups in total. The lowest BCUT2D eigenvalue weighted by atomic mass is 9.78. The van der Waals surface area contributed by atoms with Crippen LogP contribution in [0.2, 0.25) is 0 Å². The van der Waals surface area contributed by atoms with Gasteiger partial charge in [-0.3, -0.25) is 4.79 Å². The van der Waals surface area contributed by atoms with Gasteiger partial charge in [-0.2, -0.15) is 0 Å². The monoisotopic (exact) mass is 362 g/mol. The SMILES string of the molecule is Cl.Nc1ccc(CCNC(=O)C2(c3ccc(F)cc3)CCCC2)cc1. The van der Waals surface area contributed by atoms with Gasteiger partial charge in [-0.15, -0.1) is 12.4 Å². The Morgan fingerprint density at radius 2 is 1.64 bits per heavy atom. The molecule has 0 aliphatic heterocycles. The van der Waals surface area contributed by atoms with E-state index in [0.29, 0.717) is 6.54 Å². The summed E-state index contributed by atoms with van der Waals surface area (Å²) in [5.74, 6) is -0.210. The van der Waals surface area contributed by atoms with E-state index in [9.17, 15) is 9.18 Å². The molecule has 0 atom stereocenters. The molecule has 0 spiro atoms. The molecule has 2 aromatic rings. The first-order chi connectivity index (χ1) is 11.6. The zero-order valence-electron chi connectivity index (χ0n) is 14.1. The van der Waals surface area contributed by atoms with Crippen LogP contribution in [-0.2, 0) is 16.6 Å². The fraction of sp³-hybridized carbons (Fsp3) is 0.350. The summed E-state index contributed by atoms with van der Waals surface area (Å²) in [5, 5.41) is 3.08. The smallest absolute Gasteiger partial charge is 0.230 e. The number of hydrogen-bond acceptors (Lipinski definition) is 2. The van der Waals surface area contributed by atoms with Gasteiger partial charge in [0.25, 0.3) is 0 Å². The normalized spacial score (nSPS) is 15.4. The molecule has 25 heavy (non-hydrogen) atoms. The summed E-state index contributed by atoms with van der Waals surface area (Å²) < 4.78 is 13.2. The second-order valence-electron chi connectivity index (χ2n) is 6.54. The Labute approximate surface area is 154 Å². The number of amides is 1. The third-order valence-electron chi connectivity index (χ3n) is 4.97. The van der Waals surface area contributed by atoms with E-state index < -0.39 is 5.41 Å². The largest absolute Gasteiger partial charge is 0.399 e. The molecule has 1 fully saturated rings. The summed E-state index contributed by atoms with van der Waals surface area (Å²) in [5.41, 5.74) is 7.98. The van der Waals surface area contributed by atoms with Crippen LogP contribution in [0.5, 0.6) is 0 Å². The summed E-state index contributed by atoms with van der Waals surface area (Å²) in [6, 6.07) is 14.1. The maximum atomic E-state index is 13.2. The topological polar surface area (TPSA) is 55.1 Å². The van der Waals surface area contributed by atoms with Crippen LogP contribution in [-0.4, -0.2) is 12.5 Å². The summed E-state index contributed by atoms with van der Waals surface area (Å²) in [6.07, 6.45) is 4.48. The summed E-state index contributed by atoms with van der Waals surface area (Å²) >= 11 is 0. The van der Waals surface area contributed by atoms with E-state index in [0.717, 1.165) is 48.9 Å². The molecule has 0 unspecified atom stereocenters. The zero-order valence-corrected chi connectivity index (χ0v) is 14.9. The number of carbonyl (C=O) groups is 1. The molecule has 0 saturated heterocycles. The lowest BCUT2D eigenvalue weighted by Gasteiger charge is -2.28. The zero-order chi connectivity index (χ0) is 17.0. The first-order valence-electron chi connectivity index (χ1n) is 8.49. The molecule has 0 radical (unpaired) electrons. The van der Waals surface area contributed by atoms with Gasteiger partial charge in [0.05, 0.1) is 5.41 Å². The fourth-order valence-corrected chi connectivity index (χ4v) is 3.57. The Kier molecular flexibility index (Phi) is 6.43. The van der Waals surface area contributed by atoms with E-state index in [4.69, 9.17) is 5.73 Å². The quantitative estimate of drug-likeness (QED) is 0.790. The fourth-order valence-electron chi connectivity index (χ4n) is 3.57. The summed E-state index contributed by atoms with van der Waals surface area (Å²) in [4.78, 5) is 12.9. The number of nitrogens with two attached hydrogens (primary N) is 1. The minimum Gasteiger partial charge on any atom is -0.399 e. The van der Waals surface area contributed by atoms with Crippen LogP contribution in [0.1, 0.15) is 36.8 Å². The highest BCUT2D eigenvalue weighted by Crippen LogP contribution is 2.41. The Hall–Kier alpha value is -2.07. The van der Waals surface area contributed by atoms with Crippen LogP contribution in [0.15, 0.2) is 48.5 Å². The Bertz CT molecular complexity index is 695. The van der Waals surface area contributed by atoms with Crippen molar-refractivity contribution in [2.45, 2.75) is 37.5 Å². The predicted molar refractivity (Wildman–Crippen MR) is 101 cm³/mol. The maximum absolute atomic E-state index is 13.2. The molecule has 1 aliphatic carbocycles. The first kappa shape index (κ1) is 19.3. The van der Waals surface area contributed by atoms with Gasteiger partial charge in [-0.05, 0) is 54.7 Å². The average Bonchev–Trinajstić information content (AvgIpc) is 3.08. The first-order valence-corrected chi connectivity index (χ1v) is 8.49. The number of carbonyl (C=O) groups excluding carboxylic acids is 1. The van der Waals surface area contributed by atoms with Crippen LogP contribution in [0.3, 0.4) is 0 Å². The molecule has 0 heterocycles. The third kappa shape index (κ3) is 4.31. The van der Waals surface area contributed by atoms with Gasteiger partial charge < -0.3 is 11.1 Å². The molecule has 0 bridgehead atoms. The molecule has 1 aliphatic rings. The Morgan fingerprint density at radius 1 is 1.04 bits per heavy atom. The minimum atomic E-state index is -0.505. The van der Waals surface area contributed by atoms with Crippen molar-refractivity contribution in [1.29, 1.82) is 0 Å². The molecule has 1 saturated carbocycles. The lowest BCUT2D eigenvalue weighted by molar-refractivity contribution is -0.126. The molecular weight excluding hydrogens is 339 g/mol. The molecular formula is C20H24ClFN2O.